The van der Waals surface area contributed by atoms with Crippen LogP contribution in [0.25, 0.3) is 0 Å². The number of rotatable bonds is 10. The van der Waals surface area contributed by atoms with Crippen LogP contribution >= 0.6 is 0 Å². The largest absolute Gasteiger partial charge is 0.300 e. The van der Waals surface area contributed by atoms with Crippen LogP contribution in [0.3, 0.4) is 0 Å². The molecule has 0 aromatic rings. The van der Waals surface area contributed by atoms with Gasteiger partial charge in [-0.15, -0.1) is 0 Å². The van der Waals surface area contributed by atoms with E-state index in [0.29, 0.717) is 17.6 Å². The summed E-state index contributed by atoms with van der Waals surface area (Å²) in [5.74, 6) is 9.75. The maximum atomic E-state index is 10.6. The average molecular weight is 541 g/mol. The molecule has 0 bridgehead atoms. The summed E-state index contributed by atoms with van der Waals surface area (Å²) in [5.41, 5.74) is 0. The summed E-state index contributed by atoms with van der Waals surface area (Å²) in [5, 5.41) is 0. The third-order valence-corrected chi connectivity index (χ3v) is 9.16. The molecule has 0 aromatic carbocycles. The van der Waals surface area contributed by atoms with Crippen molar-refractivity contribution in [3.63, 3.8) is 0 Å². The van der Waals surface area contributed by atoms with Gasteiger partial charge in [-0.2, -0.15) is 0 Å². The summed E-state index contributed by atoms with van der Waals surface area (Å²) in [6, 6.07) is 0. The molecular formula is C37H80O. The van der Waals surface area contributed by atoms with Gasteiger partial charge in [0.2, 0.25) is 0 Å². The van der Waals surface area contributed by atoms with E-state index in [-0.39, 0.29) is 0 Å². The molecule has 0 aliphatic heterocycles. The minimum atomic E-state index is 0.313. The highest BCUT2D eigenvalue weighted by molar-refractivity contribution is 5.75. The number of Topliss-reactive ketones (excluding diaryl/α,β-unsaturated/α-hetero) is 1. The van der Waals surface area contributed by atoms with E-state index in [9.17, 15) is 4.79 Å². The van der Waals surface area contributed by atoms with E-state index >= 15 is 0 Å². The van der Waals surface area contributed by atoms with E-state index in [0.717, 1.165) is 66.1 Å². The van der Waals surface area contributed by atoms with Crippen molar-refractivity contribution in [3.05, 3.63) is 0 Å². The van der Waals surface area contributed by atoms with Crippen LogP contribution < -0.4 is 0 Å². The lowest BCUT2D eigenvalue weighted by Gasteiger charge is -2.29. The molecule has 1 nitrogen and oxygen atoms in total. The standard InChI is InChI=1S/C10H20.C9H18O.3C6H14/c1-8(2)9(3)7-10-5-4-6-10;1-7(2)8(3)5-6-9(4)10;3*1-5(2)6(3)4/h8-10H,4-7H2,1-3H3;7-8H,5-6H2,1-4H3;3*5-6H,1-4H3. The van der Waals surface area contributed by atoms with Crippen LogP contribution in [0, 0.1) is 65.1 Å². The number of carbonyl (C=O) groups is 1. The normalized spacial score (nSPS) is 14.8. The molecule has 0 radical (unpaired) electrons. The van der Waals surface area contributed by atoms with Crippen molar-refractivity contribution in [2.45, 2.75) is 170 Å². The van der Waals surface area contributed by atoms with Crippen molar-refractivity contribution in [1.82, 2.24) is 0 Å². The Morgan fingerprint density at radius 2 is 0.789 bits per heavy atom. The molecule has 1 aliphatic rings. The van der Waals surface area contributed by atoms with Crippen molar-refractivity contribution in [1.29, 1.82) is 0 Å². The summed E-state index contributed by atoms with van der Waals surface area (Å²) in [4.78, 5) is 10.6. The van der Waals surface area contributed by atoms with Gasteiger partial charge in [0.1, 0.15) is 5.78 Å². The molecule has 2 atom stereocenters. The van der Waals surface area contributed by atoms with Gasteiger partial charge in [0.25, 0.3) is 0 Å². The second kappa shape index (κ2) is 26.9. The minimum Gasteiger partial charge on any atom is -0.300 e. The fraction of sp³-hybridized carbons (Fsp3) is 0.973. The van der Waals surface area contributed by atoms with Crippen molar-refractivity contribution in [3.8, 4) is 0 Å². The molecule has 0 heterocycles. The predicted molar refractivity (Wildman–Crippen MR) is 179 cm³/mol. The lowest BCUT2D eigenvalue weighted by Crippen LogP contribution is -2.17. The Morgan fingerprint density at radius 1 is 0.500 bits per heavy atom. The van der Waals surface area contributed by atoms with Crippen LogP contribution in [0.2, 0.25) is 0 Å². The Balaban J connectivity index is -0.000000195. The van der Waals surface area contributed by atoms with E-state index in [1.165, 1.54) is 25.7 Å². The molecule has 0 amide bonds. The molecular weight excluding hydrogens is 460 g/mol. The van der Waals surface area contributed by atoms with Crippen molar-refractivity contribution in [2.24, 2.45) is 65.1 Å². The SMILES string of the molecule is CC(=O)CCC(C)C(C)C.CC(C)C(C)C.CC(C)C(C)C.CC(C)C(C)C.CC(C)C(C)CC1CCC1. The Bertz CT molecular complexity index is 430. The quantitative estimate of drug-likeness (QED) is 0.269. The molecule has 0 spiro atoms. The van der Waals surface area contributed by atoms with Gasteiger partial charge >= 0.3 is 0 Å². The average Bonchev–Trinajstić information content (AvgIpc) is 2.75. The van der Waals surface area contributed by atoms with Gasteiger partial charge in [-0.1, -0.05) is 144 Å². The topological polar surface area (TPSA) is 17.1 Å². The van der Waals surface area contributed by atoms with Crippen molar-refractivity contribution < 1.29 is 4.79 Å². The third-order valence-electron chi connectivity index (χ3n) is 9.16. The van der Waals surface area contributed by atoms with Crippen molar-refractivity contribution >= 4 is 5.78 Å². The number of hydrogen-bond acceptors (Lipinski definition) is 1. The molecule has 1 fully saturated rings. The van der Waals surface area contributed by atoms with Gasteiger partial charge in [-0.05, 0) is 84.9 Å². The lowest BCUT2D eigenvalue weighted by atomic mass is 9.77. The highest BCUT2D eigenvalue weighted by atomic mass is 16.1. The second-order valence-corrected chi connectivity index (χ2v) is 15.2. The smallest absolute Gasteiger partial charge is 0.129 e. The van der Waals surface area contributed by atoms with Gasteiger partial charge in [-0.3, -0.25) is 0 Å². The molecule has 1 rings (SSSR count). The van der Waals surface area contributed by atoms with E-state index in [1.807, 2.05) is 0 Å². The van der Waals surface area contributed by atoms with Crippen LogP contribution in [-0.4, -0.2) is 5.78 Å². The van der Waals surface area contributed by atoms with Gasteiger partial charge in [0.05, 0.1) is 0 Å². The van der Waals surface area contributed by atoms with Gasteiger partial charge in [-0.25, -0.2) is 0 Å². The van der Waals surface area contributed by atoms with Crippen LogP contribution in [0.4, 0.5) is 0 Å². The van der Waals surface area contributed by atoms with Crippen LogP contribution in [0.1, 0.15) is 170 Å². The first kappa shape index (κ1) is 44.7. The van der Waals surface area contributed by atoms with E-state index in [1.54, 1.807) is 6.92 Å². The molecule has 0 saturated heterocycles. The predicted octanol–water partition coefficient (Wildman–Crippen LogP) is 13.0. The molecule has 1 saturated carbocycles. The molecule has 1 heteroatoms. The number of hydrogen-bond donors (Lipinski definition) is 0. The molecule has 0 aromatic heterocycles. The summed E-state index contributed by atoms with van der Waals surface area (Å²) in [6.45, 7) is 42.2. The highest BCUT2D eigenvalue weighted by Gasteiger charge is 2.20. The highest BCUT2D eigenvalue weighted by Crippen LogP contribution is 2.34. The molecule has 0 N–H and O–H groups in total. The Hall–Kier alpha value is -0.330. The van der Waals surface area contributed by atoms with Gasteiger partial charge < -0.3 is 4.79 Å². The number of carbonyl (C=O) groups excluding carboxylic acids is 1. The molecule has 2 unspecified atom stereocenters. The van der Waals surface area contributed by atoms with E-state index in [4.69, 9.17) is 0 Å². The molecule has 1 aliphatic carbocycles. The molecule has 38 heavy (non-hydrogen) atoms. The maximum absolute atomic E-state index is 10.6. The zero-order chi connectivity index (χ0) is 31.2. The zero-order valence-electron chi connectivity index (χ0n) is 30.5. The van der Waals surface area contributed by atoms with Crippen LogP contribution in [0.5, 0.6) is 0 Å². The Labute approximate surface area is 245 Å². The monoisotopic (exact) mass is 541 g/mol. The summed E-state index contributed by atoms with van der Waals surface area (Å²) >= 11 is 0. The molecule has 234 valence electrons. The first-order valence-electron chi connectivity index (χ1n) is 16.7. The summed E-state index contributed by atoms with van der Waals surface area (Å²) in [6.07, 6.45) is 7.80. The Morgan fingerprint density at radius 3 is 0.947 bits per heavy atom. The van der Waals surface area contributed by atoms with E-state index < -0.39 is 0 Å². The fourth-order valence-corrected chi connectivity index (χ4v) is 2.29. The first-order valence-corrected chi connectivity index (χ1v) is 16.7. The minimum absolute atomic E-state index is 0.313. The summed E-state index contributed by atoms with van der Waals surface area (Å²) in [7, 11) is 0. The second-order valence-electron chi connectivity index (χ2n) is 15.2. The lowest BCUT2D eigenvalue weighted by molar-refractivity contribution is -0.117. The fourth-order valence-electron chi connectivity index (χ4n) is 2.29. The van der Waals surface area contributed by atoms with Crippen molar-refractivity contribution in [2.75, 3.05) is 0 Å². The van der Waals surface area contributed by atoms with Gasteiger partial charge in [0.15, 0.2) is 0 Å². The zero-order valence-corrected chi connectivity index (χ0v) is 30.5. The van der Waals surface area contributed by atoms with Crippen LogP contribution in [0.15, 0.2) is 0 Å². The summed E-state index contributed by atoms with van der Waals surface area (Å²) < 4.78 is 0. The van der Waals surface area contributed by atoms with E-state index in [2.05, 4.69) is 125 Å². The number of ketones is 1. The van der Waals surface area contributed by atoms with Crippen LogP contribution in [-0.2, 0) is 4.79 Å². The van der Waals surface area contributed by atoms with Gasteiger partial charge in [0, 0.05) is 6.42 Å². The Kier molecular flexibility index (Phi) is 31.6. The third kappa shape index (κ3) is 35.7. The maximum Gasteiger partial charge on any atom is 0.129 e. The first-order chi connectivity index (χ1) is 17.2.